The van der Waals surface area contributed by atoms with Crippen LogP contribution in [0.15, 0.2) is 0 Å². The fourth-order valence-electron chi connectivity index (χ4n) is 6.21. The van der Waals surface area contributed by atoms with Crippen LogP contribution in [-0.4, -0.2) is 21.3 Å². The molecule has 5 aliphatic rings. The predicted octanol–water partition coefficient (Wildman–Crippen LogP) is 2.34. The lowest BCUT2D eigenvalue weighted by molar-refractivity contribution is -0.00713. The van der Waals surface area contributed by atoms with Gasteiger partial charge in [0.05, 0.1) is 0 Å². The zero-order chi connectivity index (χ0) is 14.0. The van der Waals surface area contributed by atoms with Gasteiger partial charge < -0.3 is 10.3 Å². The lowest BCUT2D eigenvalue weighted by Crippen LogP contribution is -2.44. The summed E-state index contributed by atoms with van der Waals surface area (Å²) in [6.07, 6.45) is 9.63. The second kappa shape index (κ2) is 4.55. The van der Waals surface area contributed by atoms with E-state index >= 15 is 0 Å². The molecule has 2 N–H and O–H groups in total. The van der Waals surface area contributed by atoms with Gasteiger partial charge in [0.1, 0.15) is 11.6 Å². The van der Waals surface area contributed by atoms with E-state index in [2.05, 4.69) is 14.8 Å². The Hall–Kier alpha value is -0.900. The third-order valence-corrected chi connectivity index (χ3v) is 6.95. The zero-order valence-electron chi connectivity index (χ0n) is 12.7. The largest absolute Gasteiger partial charge is 0.330 e. The first-order valence-electron chi connectivity index (χ1n) is 8.94. The Labute approximate surface area is 126 Å². The summed E-state index contributed by atoms with van der Waals surface area (Å²) in [7, 11) is 0. The lowest BCUT2D eigenvalue weighted by Gasteiger charge is -2.54. The Morgan fingerprint density at radius 1 is 1.00 bits per heavy atom. The second-order valence-electron chi connectivity index (χ2n) is 8.18. The molecule has 114 valence electrons. The molecule has 1 aliphatic heterocycles. The van der Waals surface area contributed by atoms with Crippen molar-refractivity contribution in [2.24, 2.45) is 35.3 Å². The summed E-state index contributed by atoms with van der Waals surface area (Å²) in [6, 6.07) is 0. The van der Waals surface area contributed by atoms with Crippen molar-refractivity contribution in [3.8, 4) is 0 Å². The minimum absolute atomic E-state index is 0.619. The van der Waals surface area contributed by atoms with E-state index in [0.717, 1.165) is 43.2 Å². The number of fused-ring (bicyclic) bond motifs is 1. The molecule has 21 heavy (non-hydrogen) atoms. The average molecular weight is 286 g/mol. The molecule has 6 rings (SSSR count). The van der Waals surface area contributed by atoms with Gasteiger partial charge in [-0.15, -0.1) is 10.2 Å². The van der Waals surface area contributed by atoms with Crippen molar-refractivity contribution < 1.29 is 0 Å². The molecule has 1 aromatic heterocycles. The van der Waals surface area contributed by atoms with E-state index in [0.29, 0.717) is 11.8 Å². The quantitative estimate of drug-likeness (QED) is 0.908. The fourth-order valence-corrected chi connectivity index (χ4v) is 6.21. The van der Waals surface area contributed by atoms with Crippen molar-refractivity contribution in [2.45, 2.75) is 57.4 Å². The standard InChI is InChI=1S/C17H26N4/c18-9-10-1-2-21-15(8-10)19-20-17(21)16-13-4-11-3-12(6-13)7-14(16)5-11/h10-14,16H,1-9,18H2. The molecule has 2 heterocycles. The molecule has 0 radical (unpaired) electrons. The molecular weight excluding hydrogens is 260 g/mol. The van der Waals surface area contributed by atoms with Crippen LogP contribution >= 0.6 is 0 Å². The Morgan fingerprint density at radius 3 is 2.38 bits per heavy atom. The van der Waals surface area contributed by atoms with Gasteiger partial charge in [0.2, 0.25) is 0 Å². The summed E-state index contributed by atoms with van der Waals surface area (Å²) in [5, 5.41) is 9.23. The molecule has 4 heteroatoms. The van der Waals surface area contributed by atoms with E-state index in [1.165, 1.54) is 50.2 Å². The van der Waals surface area contributed by atoms with Crippen LogP contribution in [0.2, 0.25) is 0 Å². The van der Waals surface area contributed by atoms with E-state index in [1.54, 1.807) is 0 Å². The fraction of sp³-hybridized carbons (Fsp3) is 0.882. The molecule has 0 aromatic carbocycles. The number of nitrogens with two attached hydrogens (primary N) is 1. The highest BCUT2D eigenvalue weighted by Gasteiger charge is 2.50. The first-order valence-corrected chi connectivity index (χ1v) is 8.94. The van der Waals surface area contributed by atoms with Gasteiger partial charge in [-0.2, -0.15) is 0 Å². The summed E-state index contributed by atoms with van der Waals surface area (Å²) in [6.45, 7) is 1.89. The third-order valence-electron chi connectivity index (χ3n) is 6.95. The van der Waals surface area contributed by atoms with Gasteiger partial charge in [-0.1, -0.05) is 0 Å². The van der Waals surface area contributed by atoms with Gasteiger partial charge >= 0.3 is 0 Å². The van der Waals surface area contributed by atoms with Crippen molar-refractivity contribution in [3.05, 3.63) is 11.6 Å². The van der Waals surface area contributed by atoms with Crippen molar-refractivity contribution >= 4 is 0 Å². The summed E-state index contributed by atoms with van der Waals surface area (Å²) in [5.74, 6) is 7.77. The second-order valence-corrected chi connectivity index (χ2v) is 8.18. The smallest absolute Gasteiger partial charge is 0.136 e. The van der Waals surface area contributed by atoms with Crippen LogP contribution in [0, 0.1) is 29.6 Å². The van der Waals surface area contributed by atoms with Crippen LogP contribution in [0.5, 0.6) is 0 Å². The molecule has 0 saturated heterocycles. The minimum Gasteiger partial charge on any atom is -0.330 e. The van der Waals surface area contributed by atoms with Crippen molar-refractivity contribution in [1.82, 2.24) is 14.8 Å². The summed E-state index contributed by atoms with van der Waals surface area (Å²) in [5.41, 5.74) is 5.85. The Balaban J connectivity index is 1.48. The molecule has 1 aromatic rings. The zero-order valence-corrected chi connectivity index (χ0v) is 12.7. The van der Waals surface area contributed by atoms with Crippen LogP contribution in [0.1, 0.15) is 56.1 Å². The van der Waals surface area contributed by atoms with Gasteiger partial charge in [0, 0.05) is 18.9 Å². The van der Waals surface area contributed by atoms with Crippen LogP contribution in [-0.2, 0) is 13.0 Å². The first-order chi connectivity index (χ1) is 10.3. The third kappa shape index (κ3) is 1.84. The highest BCUT2D eigenvalue weighted by atomic mass is 15.3. The number of aromatic nitrogens is 3. The van der Waals surface area contributed by atoms with Gasteiger partial charge in [0.25, 0.3) is 0 Å². The van der Waals surface area contributed by atoms with Crippen molar-refractivity contribution in [3.63, 3.8) is 0 Å². The van der Waals surface area contributed by atoms with E-state index in [4.69, 9.17) is 5.73 Å². The number of hydrogen-bond donors (Lipinski definition) is 1. The maximum atomic E-state index is 5.85. The molecular formula is C17H26N4. The summed E-state index contributed by atoms with van der Waals surface area (Å²) < 4.78 is 2.47. The monoisotopic (exact) mass is 286 g/mol. The molecule has 1 atom stereocenters. The number of rotatable bonds is 2. The van der Waals surface area contributed by atoms with Crippen LogP contribution in [0.25, 0.3) is 0 Å². The van der Waals surface area contributed by atoms with Gasteiger partial charge in [-0.25, -0.2) is 0 Å². The molecule has 4 fully saturated rings. The van der Waals surface area contributed by atoms with Crippen molar-refractivity contribution in [1.29, 1.82) is 0 Å². The van der Waals surface area contributed by atoms with Gasteiger partial charge in [-0.05, 0) is 74.7 Å². The molecule has 4 nitrogen and oxygen atoms in total. The SMILES string of the molecule is NCC1CCn2c(nnc2C2C3CC4CC(C3)CC2C4)C1. The van der Waals surface area contributed by atoms with Crippen LogP contribution < -0.4 is 5.73 Å². The normalized spacial score (nSPS) is 44.0. The topological polar surface area (TPSA) is 56.7 Å². The molecule has 0 spiro atoms. The maximum absolute atomic E-state index is 5.85. The molecule has 4 aliphatic carbocycles. The molecule has 4 bridgehead atoms. The Bertz CT molecular complexity index is 521. The number of nitrogens with zero attached hydrogens (tertiary/aromatic N) is 3. The van der Waals surface area contributed by atoms with E-state index in [-0.39, 0.29) is 0 Å². The maximum Gasteiger partial charge on any atom is 0.136 e. The van der Waals surface area contributed by atoms with E-state index in [9.17, 15) is 0 Å². The lowest BCUT2D eigenvalue weighted by atomic mass is 9.51. The molecule has 4 saturated carbocycles. The van der Waals surface area contributed by atoms with Crippen LogP contribution in [0.4, 0.5) is 0 Å². The molecule has 0 amide bonds. The summed E-state index contributed by atoms with van der Waals surface area (Å²) in [4.78, 5) is 0. The van der Waals surface area contributed by atoms with Crippen LogP contribution in [0.3, 0.4) is 0 Å². The highest BCUT2D eigenvalue weighted by Crippen LogP contribution is 2.59. The first kappa shape index (κ1) is 12.6. The highest BCUT2D eigenvalue weighted by molar-refractivity contribution is 5.14. The minimum atomic E-state index is 0.619. The van der Waals surface area contributed by atoms with E-state index < -0.39 is 0 Å². The van der Waals surface area contributed by atoms with E-state index in [1.807, 2.05) is 0 Å². The van der Waals surface area contributed by atoms with Gasteiger partial charge in [-0.3, -0.25) is 0 Å². The van der Waals surface area contributed by atoms with Gasteiger partial charge in [0.15, 0.2) is 0 Å². The van der Waals surface area contributed by atoms with Crippen molar-refractivity contribution in [2.75, 3.05) is 6.54 Å². The summed E-state index contributed by atoms with van der Waals surface area (Å²) >= 11 is 0. The average Bonchev–Trinajstić information content (AvgIpc) is 2.89. The Morgan fingerprint density at radius 2 is 1.71 bits per heavy atom. The number of hydrogen-bond acceptors (Lipinski definition) is 3. The predicted molar refractivity (Wildman–Crippen MR) is 80.7 cm³/mol. The Kier molecular flexibility index (Phi) is 2.73. The molecule has 1 unspecified atom stereocenters.